The molecule has 7 nitrogen and oxygen atoms in total. The standard InChI is InChI=1S/C20H21N5O2S/c21-17-16-19(25(20(27)22-16)11-13-6-2-1-3-7-13)24-18(23-17)14-10-15(28-12-14)8-4-5-9-26/h1-3,6-7,10,12,26H,4-5,8-9,11H2,(H,22,27)(H2,21,23,24). The minimum atomic E-state index is -0.257. The average Bonchev–Trinajstić information content (AvgIpc) is 3.29. The highest BCUT2D eigenvalue weighted by atomic mass is 32.1. The van der Waals surface area contributed by atoms with Crippen LogP contribution in [0.15, 0.2) is 46.6 Å². The number of benzene rings is 1. The molecule has 1 aromatic carbocycles. The second-order valence-corrected chi connectivity index (χ2v) is 7.61. The first-order chi connectivity index (χ1) is 13.7. The van der Waals surface area contributed by atoms with E-state index in [1.165, 1.54) is 4.88 Å². The van der Waals surface area contributed by atoms with Crippen LogP contribution in [0, 0.1) is 0 Å². The van der Waals surface area contributed by atoms with Crippen molar-refractivity contribution < 1.29 is 5.11 Å². The zero-order chi connectivity index (χ0) is 19.5. The summed E-state index contributed by atoms with van der Waals surface area (Å²) >= 11 is 1.64. The summed E-state index contributed by atoms with van der Waals surface area (Å²) < 4.78 is 1.58. The second-order valence-electron chi connectivity index (χ2n) is 6.62. The lowest BCUT2D eigenvalue weighted by Gasteiger charge is -2.05. The molecule has 8 heteroatoms. The number of nitrogens with two attached hydrogens (primary N) is 1. The predicted octanol–water partition coefficient (Wildman–Crippen LogP) is 2.79. The van der Waals surface area contributed by atoms with Gasteiger partial charge in [0.2, 0.25) is 0 Å². The quantitative estimate of drug-likeness (QED) is 0.417. The van der Waals surface area contributed by atoms with E-state index < -0.39 is 0 Å². The maximum absolute atomic E-state index is 12.5. The van der Waals surface area contributed by atoms with Crippen molar-refractivity contribution >= 4 is 28.3 Å². The fourth-order valence-corrected chi connectivity index (χ4v) is 4.04. The summed E-state index contributed by atoms with van der Waals surface area (Å²) in [5.74, 6) is 0.771. The van der Waals surface area contributed by atoms with E-state index in [9.17, 15) is 4.79 Å². The van der Waals surface area contributed by atoms with E-state index >= 15 is 0 Å². The summed E-state index contributed by atoms with van der Waals surface area (Å²) in [5, 5.41) is 10.9. The first-order valence-corrected chi connectivity index (χ1v) is 10.0. The summed E-state index contributed by atoms with van der Waals surface area (Å²) in [4.78, 5) is 25.5. The number of aromatic nitrogens is 4. The molecule has 0 aliphatic heterocycles. The van der Waals surface area contributed by atoms with Gasteiger partial charge < -0.3 is 15.8 Å². The van der Waals surface area contributed by atoms with Gasteiger partial charge in [0.05, 0.1) is 6.54 Å². The van der Waals surface area contributed by atoms with Crippen LogP contribution in [0.1, 0.15) is 23.3 Å². The molecule has 0 aliphatic rings. The molecule has 0 saturated heterocycles. The fourth-order valence-electron chi connectivity index (χ4n) is 3.13. The molecule has 0 unspecified atom stereocenters. The van der Waals surface area contributed by atoms with E-state index in [0.29, 0.717) is 23.5 Å². The van der Waals surface area contributed by atoms with Crippen molar-refractivity contribution in [3.05, 3.63) is 62.7 Å². The molecule has 0 fully saturated rings. The highest BCUT2D eigenvalue weighted by Gasteiger charge is 2.16. The Bertz CT molecular complexity index is 1150. The van der Waals surface area contributed by atoms with Crippen LogP contribution in [-0.2, 0) is 13.0 Å². The molecule has 0 aliphatic carbocycles. The third-order valence-corrected chi connectivity index (χ3v) is 5.57. The number of aliphatic hydroxyl groups is 1. The smallest absolute Gasteiger partial charge is 0.328 e. The number of hydrogen-bond donors (Lipinski definition) is 3. The second kappa shape index (κ2) is 7.95. The maximum atomic E-state index is 12.5. The van der Waals surface area contributed by atoms with E-state index in [0.717, 1.165) is 30.4 Å². The van der Waals surface area contributed by atoms with Gasteiger partial charge in [0, 0.05) is 22.4 Å². The summed E-state index contributed by atoms with van der Waals surface area (Å²) in [5.41, 5.74) is 8.72. The van der Waals surface area contributed by atoms with Crippen LogP contribution in [0.4, 0.5) is 5.82 Å². The molecule has 0 saturated carbocycles. The van der Waals surface area contributed by atoms with Crippen LogP contribution in [-0.4, -0.2) is 31.2 Å². The largest absolute Gasteiger partial charge is 0.396 e. The van der Waals surface area contributed by atoms with E-state index in [4.69, 9.17) is 10.8 Å². The Morgan fingerprint density at radius 2 is 2.00 bits per heavy atom. The number of unbranched alkanes of at least 4 members (excludes halogenated alkanes) is 1. The van der Waals surface area contributed by atoms with Gasteiger partial charge in [-0.05, 0) is 30.9 Å². The van der Waals surface area contributed by atoms with Crippen molar-refractivity contribution in [3.63, 3.8) is 0 Å². The molecule has 0 atom stereocenters. The first kappa shape index (κ1) is 18.4. The zero-order valence-electron chi connectivity index (χ0n) is 15.3. The molecule has 0 amide bonds. The number of H-pyrrole nitrogens is 1. The number of hydrogen-bond acceptors (Lipinski definition) is 6. The Morgan fingerprint density at radius 3 is 2.79 bits per heavy atom. The zero-order valence-corrected chi connectivity index (χ0v) is 16.1. The van der Waals surface area contributed by atoms with Crippen LogP contribution >= 0.6 is 11.3 Å². The Kier molecular flexibility index (Phi) is 5.23. The van der Waals surface area contributed by atoms with Crippen LogP contribution in [0.25, 0.3) is 22.6 Å². The van der Waals surface area contributed by atoms with Crippen molar-refractivity contribution in [2.75, 3.05) is 12.3 Å². The van der Waals surface area contributed by atoms with Crippen molar-refractivity contribution in [2.45, 2.75) is 25.8 Å². The van der Waals surface area contributed by atoms with Gasteiger partial charge in [0.25, 0.3) is 0 Å². The number of thiophene rings is 1. The third kappa shape index (κ3) is 3.69. The van der Waals surface area contributed by atoms with Crippen LogP contribution in [0.2, 0.25) is 0 Å². The Morgan fingerprint density at radius 1 is 1.18 bits per heavy atom. The lowest BCUT2D eigenvalue weighted by Crippen LogP contribution is -2.17. The number of imidazole rings is 1. The molecule has 4 rings (SSSR count). The monoisotopic (exact) mass is 395 g/mol. The van der Waals surface area contributed by atoms with Gasteiger partial charge in [-0.2, -0.15) is 0 Å². The number of aromatic amines is 1. The summed E-state index contributed by atoms with van der Waals surface area (Å²) in [7, 11) is 0. The van der Waals surface area contributed by atoms with Gasteiger partial charge in [-0.25, -0.2) is 14.8 Å². The number of rotatable bonds is 7. The summed E-state index contributed by atoms with van der Waals surface area (Å²) in [6, 6.07) is 11.8. The SMILES string of the molecule is Nc1nc(-c2csc(CCCCO)c2)nc2c1[nH]c(=O)n2Cc1ccccc1. The van der Waals surface area contributed by atoms with Crippen molar-refractivity contribution in [1.82, 2.24) is 19.5 Å². The average molecular weight is 395 g/mol. The fraction of sp³-hybridized carbons (Fsp3) is 0.250. The number of aliphatic hydroxyl groups excluding tert-OH is 1. The number of nitrogen functional groups attached to an aromatic ring is 1. The predicted molar refractivity (Wildman–Crippen MR) is 111 cm³/mol. The van der Waals surface area contributed by atoms with Crippen LogP contribution in [0.5, 0.6) is 0 Å². The molecular formula is C20H21N5O2S. The molecule has 0 radical (unpaired) electrons. The van der Waals surface area contributed by atoms with Gasteiger partial charge in [-0.15, -0.1) is 11.3 Å². The Labute approximate surface area is 165 Å². The first-order valence-electron chi connectivity index (χ1n) is 9.14. The van der Waals surface area contributed by atoms with Gasteiger partial charge in [0.1, 0.15) is 5.52 Å². The van der Waals surface area contributed by atoms with Gasteiger partial charge in [-0.3, -0.25) is 4.57 Å². The number of nitrogens with one attached hydrogen (secondary N) is 1. The highest BCUT2D eigenvalue weighted by Crippen LogP contribution is 2.27. The van der Waals surface area contributed by atoms with E-state index in [2.05, 4.69) is 21.0 Å². The number of nitrogens with zero attached hydrogens (tertiary/aromatic N) is 3. The van der Waals surface area contributed by atoms with Gasteiger partial charge >= 0.3 is 5.69 Å². The lowest BCUT2D eigenvalue weighted by atomic mass is 10.2. The molecule has 144 valence electrons. The minimum Gasteiger partial charge on any atom is -0.396 e. The third-order valence-electron chi connectivity index (χ3n) is 4.58. The van der Waals surface area contributed by atoms with Crippen LogP contribution in [0.3, 0.4) is 0 Å². The molecule has 3 aromatic heterocycles. The number of fused-ring (bicyclic) bond motifs is 1. The van der Waals surface area contributed by atoms with Crippen molar-refractivity contribution in [3.8, 4) is 11.4 Å². The van der Waals surface area contributed by atoms with Crippen LogP contribution < -0.4 is 11.4 Å². The molecule has 28 heavy (non-hydrogen) atoms. The van der Waals surface area contributed by atoms with E-state index in [1.807, 2.05) is 35.7 Å². The number of anilines is 1. The molecule has 0 spiro atoms. The summed E-state index contributed by atoms with van der Waals surface area (Å²) in [6.45, 7) is 0.618. The Hall–Kier alpha value is -2.97. The minimum absolute atomic E-state index is 0.209. The van der Waals surface area contributed by atoms with Gasteiger partial charge in [0.15, 0.2) is 17.3 Å². The molecule has 3 heterocycles. The highest BCUT2D eigenvalue weighted by molar-refractivity contribution is 7.10. The maximum Gasteiger partial charge on any atom is 0.328 e. The van der Waals surface area contributed by atoms with E-state index in [1.54, 1.807) is 15.9 Å². The van der Waals surface area contributed by atoms with E-state index in [-0.39, 0.29) is 18.1 Å². The number of aryl methyl sites for hydroxylation is 1. The molecule has 4 N–H and O–H groups in total. The van der Waals surface area contributed by atoms with Crippen molar-refractivity contribution in [2.24, 2.45) is 0 Å². The molecule has 4 aromatic rings. The van der Waals surface area contributed by atoms with Gasteiger partial charge in [-0.1, -0.05) is 30.3 Å². The lowest BCUT2D eigenvalue weighted by molar-refractivity contribution is 0.285. The Balaban J connectivity index is 1.71. The molecule has 0 bridgehead atoms. The van der Waals surface area contributed by atoms with Crippen molar-refractivity contribution in [1.29, 1.82) is 0 Å². The topological polar surface area (TPSA) is 110 Å². The normalized spacial score (nSPS) is 11.3. The molecular weight excluding hydrogens is 374 g/mol. The summed E-state index contributed by atoms with van der Waals surface area (Å²) in [6.07, 6.45) is 2.64.